The van der Waals surface area contributed by atoms with Crippen molar-refractivity contribution in [3.63, 3.8) is 0 Å². The van der Waals surface area contributed by atoms with Crippen LogP contribution in [0, 0.1) is 17.3 Å². The predicted molar refractivity (Wildman–Crippen MR) is 167 cm³/mol. The standard InChI is InChI=1S/C32H34N2O9S2/c1-16-9-20-25(37)19-3-2-4-21-24(19)26(38)31(20,22(36)10-16)14-44-45-15-34-23-12-17(6-8-33-23)11-18-5-7-30(13-35)29(40)32(18,41)27(39)28(42-21)43-30/h2-4,6,8-10,12,18,20,27-29,35-36,39-41H,5,7,11,13-15H2,1H3,(H,33,34). The molecule has 2 fully saturated rings. The number of anilines is 1. The largest absolute Gasteiger partial charge is 0.511 e. The monoisotopic (exact) mass is 654 g/mol. The van der Waals surface area contributed by atoms with E-state index < -0.39 is 59.3 Å². The highest BCUT2D eigenvalue weighted by molar-refractivity contribution is 8.76. The molecule has 1 aromatic heterocycles. The molecule has 3 aliphatic carbocycles. The van der Waals surface area contributed by atoms with Gasteiger partial charge in [-0.15, -0.1) is 0 Å². The summed E-state index contributed by atoms with van der Waals surface area (Å²) in [4.78, 5) is 33.1. The molecule has 3 heterocycles. The van der Waals surface area contributed by atoms with E-state index in [0.717, 1.165) is 5.56 Å². The summed E-state index contributed by atoms with van der Waals surface area (Å²) in [6.07, 6.45) is 0.532. The number of pyridine rings is 1. The lowest BCUT2D eigenvalue weighted by Crippen LogP contribution is -2.78. The molecule has 2 aliphatic heterocycles. The number of hydrogen-bond acceptors (Lipinski definition) is 13. The normalized spacial score (nSPS) is 37.7. The lowest BCUT2D eigenvalue weighted by molar-refractivity contribution is -0.376. The summed E-state index contributed by atoms with van der Waals surface area (Å²) >= 11 is 0. The summed E-state index contributed by atoms with van der Waals surface area (Å²) in [5.41, 5.74) is -3.91. The molecule has 1 saturated heterocycles. The Morgan fingerprint density at radius 2 is 2.00 bits per heavy atom. The molecular formula is C32H34N2O9S2. The van der Waals surface area contributed by atoms with Crippen molar-refractivity contribution >= 4 is 39.0 Å². The number of benzene rings is 1. The van der Waals surface area contributed by atoms with Crippen molar-refractivity contribution in [1.29, 1.82) is 0 Å². The van der Waals surface area contributed by atoms with Gasteiger partial charge in [-0.1, -0.05) is 45.4 Å². The molecule has 8 atom stereocenters. The summed E-state index contributed by atoms with van der Waals surface area (Å²) in [5.74, 6) is -1.75. The molecule has 11 nitrogen and oxygen atoms in total. The van der Waals surface area contributed by atoms with Gasteiger partial charge in [0, 0.05) is 17.5 Å². The van der Waals surface area contributed by atoms with Gasteiger partial charge in [0.2, 0.25) is 6.29 Å². The Kier molecular flexibility index (Phi) is 7.59. The van der Waals surface area contributed by atoms with Gasteiger partial charge in [0.25, 0.3) is 0 Å². The topological polar surface area (TPSA) is 179 Å². The highest BCUT2D eigenvalue weighted by Gasteiger charge is 2.68. The van der Waals surface area contributed by atoms with E-state index in [1.807, 2.05) is 6.07 Å². The number of rotatable bonds is 1. The fourth-order valence-electron chi connectivity index (χ4n) is 7.62. The Morgan fingerprint density at radius 3 is 2.80 bits per heavy atom. The van der Waals surface area contributed by atoms with Crippen LogP contribution in [-0.4, -0.2) is 90.0 Å². The van der Waals surface area contributed by atoms with E-state index in [2.05, 4.69) is 10.3 Å². The Morgan fingerprint density at radius 1 is 1.18 bits per heavy atom. The van der Waals surface area contributed by atoms with E-state index in [1.54, 1.807) is 31.3 Å². The highest BCUT2D eigenvalue weighted by atomic mass is 33.1. The first-order chi connectivity index (χ1) is 21.5. The first kappa shape index (κ1) is 30.7. The molecule has 0 radical (unpaired) electrons. The minimum Gasteiger partial charge on any atom is -0.511 e. The summed E-state index contributed by atoms with van der Waals surface area (Å²) < 4.78 is 12.3. The number of Topliss-reactive ketones (excluding diaryl/α,β-unsaturated/α-hetero) is 2. The molecule has 2 aromatic rings. The average Bonchev–Trinajstić information content (AvgIpc) is 3.02. The van der Waals surface area contributed by atoms with Crippen LogP contribution in [0.4, 0.5) is 5.82 Å². The molecule has 7 rings (SSSR count). The van der Waals surface area contributed by atoms with Crippen molar-refractivity contribution in [3.05, 3.63) is 76.7 Å². The van der Waals surface area contributed by atoms with E-state index in [4.69, 9.17) is 9.47 Å². The number of allylic oxidation sites excluding steroid dienone is 4. The van der Waals surface area contributed by atoms with Gasteiger partial charge >= 0.3 is 0 Å². The van der Waals surface area contributed by atoms with Gasteiger partial charge in [-0.3, -0.25) is 9.59 Å². The Bertz CT molecular complexity index is 1630. The maximum Gasteiger partial charge on any atom is 0.229 e. The molecule has 45 heavy (non-hydrogen) atoms. The Balaban J connectivity index is 1.38. The zero-order valence-electron chi connectivity index (χ0n) is 24.4. The molecule has 7 bridgehead atoms. The molecule has 13 heteroatoms. The van der Waals surface area contributed by atoms with Crippen LogP contribution in [0.3, 0.4) is 0 Å². The van der Waals surface area contributed by atoms with Crippen molar-refractivity contribution in [1.82, 2.24) is 4.98 Å². The molecular weight excluding hydrogens is 620 g/mol. The SMILES string of the molecule is CC1=CC2C(=O)c3cccc4c3C(=O)C2(CSSCNc2cc(ccn2)CC2CCC3(CO)OC(O4)C(O)C2(O)C3O)C(O)=C1. The zero-order valence-corrected chi connectivity index (χ0v) is 26.0. The van der Waals surface area contributed by atoms with Crippen LogP contribution in [0.1, 0.15) is 46.0 Å². The minimum absolute atomic E-state index is 0.0654. The number of aromatic nitrogens is 1. The van der Waals surface area contributed by atoms with Crippen molar-refractivity contribution in [2.45, 2.75) is 55.9 Å². The summed E-state index contributed by atoms with van der Waals surface area (Å²) in [5, 5.41) is 60.3. The quantitative estimate of drug-likeness (QED) is 0.248. The average molecular weight is 655 g/mol. The number of aliphatic hydroxyl groups excluding tert-OH is 4. The van der Waals surface area contributed by atoms with Crippen LogP contribution in [0.15, 0.2) is 60.0 Å². The van der Waals surface area contributed by atoms with Gasteiger partial charge in [-0.2, -0.15) is 0 Å². The van der Waals surface area contributed by atoms with Crippen LogP contribution in [0.25, 0.3) is 0 Å². The van der Waals surface area contributed by atoms with Gasteiger partial charge in [0.1, 0.15) is 46.2 Å². The van der Waals surface area contributed by atoms with Crippen LogP contribution in [0.5, 0.6) is 5.75 Å². The van der Waals surface area contributed by atoms with Gasteiger partial charge < -0.3 is 40.3 Å². The number of aliphatic hydroxyl groups is 5. The van der Waals surface area contributed by atoms with E-state index in [-0.39, 0.29) is 47.0 Å². The van der Waals surface area contributed by atoms with Crippen LogP contribution in [-0.2, 0) is 11.2 Å². The number of hydrogen-bond donors (Lipinski definition) is 6. The second kappa shape index (κ2) is 11.1. The number of ether oxygens (including phenoxy) is 2. The number of nitrogens with zero attached hydrogens (tertiary/aromatic N) is 1. The van der Waals surface area contributed by atoms with Crippen molar-refractivity contribution in [2.24, 2.45) is 17.3 Å². The number of carbonyl (C=O) groups excluding carboxylic acids is 2. The number of ketones is 2. The molecule has 5 aliphatic rings. The minimum atomic E-state index is -2.16. The first-order valence-corrected chi connectivity index (χ1v) is 17.3. The second-order valence-electron chi connectivity index (χ2n) is 12.5. The fraction of sp³-hybridized carbons (Fsp3) is 0.469. The molecule has 1 aromatic carbocycles. The highest BCUT2D eigenvalue weighted by Crippen LogP contribution is 2.54. The lowest BCUT2D eigenvalue weighted by atomic mass is 9.60. The van der Waals surface area contributed by atoms with Gasteiger partial charge in [-0.05, 0) is 61.9 Å². The van der Waals surface area contributed by atoms with Gasteiger partial charge in [0.15, 0.2) is 11.6 Å². The van der Waals surface area contributed by atoms with E-state index in [9.17, 15) is 35.1 Å². The maximum absolute atomic E-state index is 14.6. The van der Waals surface area contributed by atoms with Crippen LogP contribution in [0.2, 0.25) is 0 Å². The van der Waals surface area contributed by atoms with E-state index in [1.165, 1.54) is 39.8 Å². The fourth-order valence-corrected chi connectivity index (χ4v) is 9.87. The maximum atomic E-state index is 14.6. The Labute approximate surface area is 267 Å². The van der Waals surface area contributed by atoms with Gasteiger partial charge in [-0.25, -0.2) is 4.98 Å². The number of fused-ring (bicyclic) bond motifs is 4. The third kappa shape index (κ3) is 4.50. The third-order valence-electron chi connectivity index (χ3n) is 10.1. The van der Waals surface area contributed by atoms with E-state index >= 15 is 0 Å². The third-order valence-corrected chi connectivity index (χ3v) is 12.3. The van der Waals surface area contributed by atoms with Crippen LogP contribution >= 0.6 is 21.6 Å². The number of carbonyl (C=O) groups is 2. The molecule has 238 valence electrons. The molecule has 6 N–H and O–H groups in total. The zero-order chi connectivity index (χ0) is 31.7. The predicted octanol–water partition coefficient (Wildman–Crippen LogP) is 2.80. The summed E-state index contributed by atoms with van der Waals surface area (Å²) in [6, 6.07) is 8.18. The van der Waals surface area contributed by atoms with Crippen molar-refractivity contribution in [2.75, 3.05) is 23.6 Å². The van der Waals surface area contributed by atoms with Crippen LogP contribution < -0.4 is 10.1 Å². The first-order valence-electron chi connectivity index (χ1n) is 14.8. The van der Waals surface area contributed by atoms with E-state index in [0.29, 0.717) is 23.7 Å². The smallest absolute Gasteiger partial charge is 0.229 e. The van der Waals surface area contributed by atoms with Crippen molar-refractivity contribution < 1.29 is 44.6 Å². The number of nitrogens with one attached hydrogen (secondary N) is 1. The summed E-state index contributed by atoms with van der Waals surface area (Å²) in [7, 11) is 2.76. The molecule has 1 spiro atoms. The second-order valence-corrected chi connectivity index (χ2v) is 15.0. The van der Waals surface area contributed by atoms with Crippen molar-refractivity contribution in [3.8, 4) is 5.75 Å². The van der Waals surface area contributed by atoms with Gasteiger partial charge in [0.05, 0.1) is 24.0 Å². The lowest BCUT2D eigenvalue weighted by Gasteiger charge is -2.59. The summed E-state index contributed by atoms with van der Waals surface area (Å²) in [6.45, 7) is 1.10. The molecule has 0 amide bonds. The Hall–Kier alpha value is -2.91. The molecule has 1 saturated carbocycles. The molecule has 8 unspecified atom stereocenters.